The number of nitrogens with zero attached hydrogens (tertiary/aromatic N) is 1. The molecule has 0 radical (unpaired) electrons. The summed E-state index contributed by atoms with van der Waals surface area (Å²) in [6.07, 6.45) is 0.720. The minimum absolute atomic E-state index is 0.124. The van der Waals surface area contributed by atoms with Crippen LogP contribution in [0, 0.1) is 6.92 Å². The summed E-state index contributed by atoms with van der Waals surface area (Å²) in [5.41, 5.74) is 2.55. The van der Waals surface area contributed by atoms with Crippen molar-refractivity contribution in [2.45, 2.75) is 20.0 Å². The Labute approximate surface area is 180 Å². The molecule has 3 rings (SSSR count). The van der Waals surface area contributed by atoms with Gasteiger partial charge in [-0.3, -0.25) is 9.59 Å². The molecule has 0 unspecified atom stereocenters. The van der Waals surface area contributed by atoms with Crippen molar-refractivity contribution in [3.8, 4) is 5.75 Å². The van der Waals surface area contributed by atoms with Crippen molar-refractivity contribution in [3.63, 3.8) is 0 Å². The van der Waals surface area contributed by atoms with Crippen LogP contribution in [0.1, 0.15) is 38.6 Å². The van der Waals surface area contributed by atoms with Crippen molar-refractivity contribution in [2.75, 3.05) is 25.6 Å². The predicted molar refractivity (Wildman–Crippen MR) is 115 cm³/mol. The first-order valence-corrected chi connectivity index (χ1v) is 9.89. The number of anilines is 1. The van der Waals surface area contributed by atoms with E-state index in [4.69, 9.17) is 14.0 Å². The number of ether oxygens (including phenoxy) is 2. The van der Waals surface area contributed by atoms with Crippen LogP contribution in [0.15, 0.2) is 59.1 Å². The van der Waals surface area contributed by atoms with E-state index in [-0.39, 0.29) is 24.1 Å². The summed E-state index contributed by atoms with van der Waals surface area (Å²) in [6, 6.07) is 15.9. The summed E-state index contributed by atoms with van der Waals surface area (Å²) in [5, 5.41) is 9.35. The maximum Gasteiger partial charge on any atom is 0.273 e. The third-order valence-electron chi connectivity index (χ3n) is 4.41. The third kappa shape index (κ3) is 6.68. The maximum absolute atomic E-state index is 12.3. The number of methoxy groups -OCH3 is 1. The van der Waals surface area contributed by atoms with Gasteiger partial charge >= 0.3 is 0 Å². The molecule has 2 N–H and O–H groups in total. The molecule has 2 aromatic carbocycles. The molecule has 31 heavy (non-hydrogen) atoms. The molecule has 162 valence electrons. The van der Waals surface area contributed by atoms with Gasteiger partial charge in [0.2, 0.25) is 0 Å². The van der Waals surface area contributed by atoms with Crippen LogP contribution in [0.3, 0.4) is 0 Å². The molecule has 0 bridgehead atoms. The lowest BCUT2D eigenvalue weighted by molar-refractivity contribution is 0.0938. The van der Waals surface area contributed by atoms with Gasteiger partial charge < -0.3 is 24.6 Å². The number of aryl methyl sites for hydroxylation is 1. The molecule has 1 heterocycles. The molecule has 2 amide bonds. The van der Waals surface area contributed by atoms with Gasteiger partial charge in [-0.2, -0.15) is 0 Å². The number of amides is 2. The molecule has 0 spiro atoms. The Morgan fingerprint density at radius 3 is 2.48 bits per heavy atom. The largest absolute Gasteiger partial charge is 0.486 e. The molecule has 0 saturated carbocycles. The van der Waals surface area contributed by atoms with Crippen molar-refractivity contribution in [1.82, 2.24) is 10.5 Å². The van der Waals surface area contributed by atoms with E-state index < -0.39 is 0 Å². The van der Waals surface area contributed by atoms with Crippen LogP contribution in [0.2, 0.25) is 0 Å². The minimum atomic E-state index is -0.306. The normalized spacial score (nSPS) is 10.5. The number of hydrogen-bond acceptors (Lipinski definition) is 6. The minimum Gasteiger partial charge on any atom is -0.486 e. The Morgan fingerprint density at radius 2 is 1.77 bits per heavy atom. The number of nitrogens with one attached hydrogen (secondary N) is 2. The van der Waals surface area contributed by atoms with Gasteiger partial charge in [0, 0.05) is 37.6 Å². The van der Waals surface area contributed by atoms with E-state index in [0.717, 1.165) is 12.0 Å². The average Bonchev–Trinajstić information content (AvgIpc) is 3.26. The van der Waals surface area contributed by atoms with E-state index in [9.17, 15) is 9.59 Å². The summed E-state index contributed by atoms with van der Waals surface area (Å²) in [4.78, 5) is 24.3. The quantitative estimate of drug-likeness (QED) is 0.483. The average molecular weight is 423 g/mol. The third-order valence-corrected chi connectivity index (χ3v) is 4.41. The standard InChI is InChI=1S/C23H25N3O5/c1-16-4-6-17(7-5-16)22(27)25-18-8-10-19(11-9-18)30-15-20-14-21(26-31-20)23(28)24-12-3-13-29-2/h4-11,14H,3,12-13,15H2,1-2H3,(H,24,28)(H,25,27). The first-order chi connectivity index (χ1) is 15.0. The van der Waals surface area contributed by atoms with Crippen LogP contribution < -0.4 is 15.4 Å². The van der Waals surface area contributed by atoms with E-state index in [0.29, 0.717) is 35.9 Å². The summed E-state index contributed by atoms with van der Waals surface area (Å²) in [7, 11) is 1.61. The van der Waals surface area contributed by atoms with E-state index >= 15 is 0 Å². The zero-order valence-corrected chi connectivity index (χ0v) is 17.5. The van der Waals surface area contributed by atoms with Crippen LogP contribution >= 0.6 is 0 Å². The Hall–Kier alpha value is -3.65. The number of rotatable bonds is 10. The molecule has 0 aliphatic carbocycles. The van der Waals surface area contributed by atoms with Gasteiger partial charge in [0.05, 0.1) is 0 Å². The highest BCUT2D eigenvalue weighted by Gasteiger charge is 2.12. The number of aromatic nitrogens is 1. The summed E-state index contributed by atoms with van der Waals surface area (Å²) >= 11 is 0. The van der Waals surface area contributed by atoms with E-state index in [1.54, 1.807) is 49.6 Å². The molecule has 3 aromatic rings. The molecule has 0 aliphatic heterocycles. The lowest BCUT2D eigenvalue weighted by atomic mass is 10.1. The van der Waals surface area contributed by atoms with Crippen LogP contribution in [-0.4, -0.2) is 37.2 Å². The fourth-order valence-corrected chi connectivity index (χ4v) is 2.69. The molecule has 8 heteroatoms. The Bertz CT molecular complexity index is 997. The first kappa shape index (κ1) is 22.0. The van der Waals surface area contributed by atoms with Gasteiger partial charge in [-0.05, 0) is 49.7 Å². The second-order valence-corrected chi connectivity index (χ2v) is 6.91. The van der Waals surface area contributed by atoms with Crippen molar-refractivity contribution in [3.05, 3.63) is 77.2 Å². The molecule has 0 fully saturated rings. The lowest BCUT2D eigenvalue weighted by Gasteiger charge is -2.07. The number of hydrogen-bond donors (Lipinski definition) is 2. The number of benzene rings is 2. The van der Waals surface area contributed by atoms with Crippen molar-refractivity contribution < 1.29 is 23.6 Å². The molecule has 1 aromatic heterocycles. The topological polar surface area (TPSA) is 103 Å². The second-order valence-electron chi connectivity index (χ2n) is 6.91. The maximum atomic E-state index is 12.3. The molecule has 0 aliphatic rings. The zero-order chi connectivity index (χ0) is 22.1. The SMILES string of the molecule is COCCCNC(=O)c1cc(COc2ccc(NC(=O)c3ccc(C)cc3)cc2)on1. The Balaban J connectivity index is 1.47. The number of carbonyl (C=O) groups excluding carboxylic acids is 2. The van der Waals surface area contributed by atoms with Gasteiger partial charge in [0.25, 0.3) is 11.8 Å². The summed E-state index contributed by atoms with van der Waals surface area (Å²) < 4.78 is 15.7. The van der Waals surface area contributed by atoms with Crippen LogP contribution in [-0.2, 0) is 11.3 Å². The van der Waals surface area contributed by atoms with Gasteiger partial charge in [-0.15, -0.1) is 0 Å². The van der Waals surface area contributed by atoms with Gasteiger partial charge in [-0.25, -0.2) is 0 Å². The smallest absolute Gasteiger partial charge is 0.273 e. The van der Waals surface area contributed by atoms with Crippen LogP contribution in [0.5, 0.6) is 5.75 Å². The van der Waals surface area contributed by atoms with Gasteiger partial charge in [0.1, 0.15) is 12.4 Å². The molecular formula is C23H25N3O5. The highest BCUT2D eigenvalue weighted by molar-refractivity contribution is 6.04. The number of carbonyl (C=O) groups is 2. The zero-order valence-electron chi connectivity index (χ0n) is 17.5. The van der Waals surface area contributed by atoms with E-state index in [1.165, 1.54) is 0 Å². The van der Waals surface area contributed by atoms with E-state index in [1.807, 2.05) is 19.1 Å². The summed E-state index contributed by atoms with van der Waals surface area (Å²) in [5.74, 6) is 0.539. The lowest BCUT2D eigenvalue weighted by Crippen LogP contribution is -2.25. The highest BCUT2D eigenvalue weighted by Crippen LogP contribution is 2.18. The van der Waals surface area contributed by atoms with Crippen LogP contribution in [0.4, 0.5) is 5.69 Å². The predicted octanol–water partition coefficient (Wildman–Crippen LogP) is 3.58. The van der Waals surface area contributed by atoms with E-state index in [2.05, 4.69) is 15.8 Å². The first-order valence-electron chi connectivity index (χ1n) is 9.89. The fraction of sp³-hybridized carbons (Fsp3) is 0.261. The molecule has 8 nitrogen and oxygen atoms in total. The van der Waals surface area contributed by atoms with Gasteiger partial charge in [-0.1, -0.05) is 22.9 Å². The Kier molecular flexibility index (Phi) is 7.78. The van der Waals surface area contributed by atoms with Crippen molar-refractivity contribution >= 4 is 17.5 Å². The Morgan fingerprint density at radius 1 is 1.03 bits per heavy atom. The molecule has 0 saturated heterocycles. The fourth-order valence-electron chi connectivity index (χ4n) is 2.69. The van der Waals surface area contributed by atoms with Gasteiger partial charge in [0.15, 0.2) is 11.5 Å². The monoisotopic (exact) mass is 423 g/mol. The molecular weight excluding hydrogens is 398 g/mol. The summed E-state index contributed by atoms with van der Waals surface area (Å²) in [6.45, 7) is 3.17. The second kappa shape index (κ2) is 10.9. The highest BCUT2D eigenvalue weighted by atomic mass is 16.5. The van der Waals surface area contributed by atoms with Crippen molar-refractivity contribution in [1.29, 1.82) is 0 Å². The van der Waals surface area contributed by atoms with Crippen molar-refractivity contribution in [2.24, 2.45) is 0 Å². The molecule has 0 atom stereocenters. The van der Waals surface area contributed by atoms with Crippen LogP contribution in [0.25, 0.3) is 0 Å².